The zero-order chi connectivity index (χ0) is 13.9. The molecule has 0 unspecified atom stereocenters. The number of thiazole rings is 1. The lowest BCUT2D eigenvalue weighted by Crippen LogP contribution is -2.42. The molecule has 1 saturated heterocycles. The largest absolute Gasteiger partial charge is 0.357 e. The van der Waals surface area contributed by atoms with Crippen molar-refractivity contribution < 1.29 is 4.79 Å². The summed E-state index contributed by atoms with van der Waals surface area (Å²) in [7, 11) is 0. The van der Waals surface area contributed by atoms with Gasteiger partial charge in [0.15, 0.2) is 0 Å². The first-order valence-electron chi connectivity index (χ1n) is 6.85. The average Bonchev–Trinajstić information content (AvgIpc) is 3.08. The first kappa shape index (κ1) is 13.3. The molecule has 0 radical (unpaired) electrons. The summed E-state index contributed by atoms with van der Waals surface area (Å²) >= 11 is 1.61. The van der Waals surface area contributed by atoms with E-state index in [1.165, 1.54) is 0 Å². The van der Waals surface area contributed by atoms with Crippen molar-refractivity contribution in [2.24, 2.45) is 0 Å². The number of nitrogens with zero attached hydrogens (tertiary/aromatic N) is 1. The van der Waals surface area contributed by atoms with E-state index >= 15 is 0 Å². The maximum atomic E-state index is 12.2. The zero-order valence-electron chi connectivity index (χ0n) is 11.4. The lowest BCUT2D eigenvalue weighted by atomic mass is 10.1. The second-order valence-electron chi connectivity index (χ2n) is 5.05. The molecule has 0 atom stereocenters. The standard InChI is InChI=1S/C14H18N4OS/c1-9-17-13(8-20-9)10-6-12(16-7-10)14(19)18-11-2-4-15-5-3-11/h6-8,11,15-16H,2-5H2,1H3,(H,18,19). The van der Waals surface area contributed by atoms with Crippen LogP contribution in [0.25, 0.3) is 11.3 Å². The first-order chi connectivity index (χ1) is 9.72. The second kappa shape index (κ2) is 5.76. The summed E-state index contributed by atoms with van der Waals surface area (Å²) in [6, 6.07) is 2.14. The van der Waals surface area contributed by atoms with Gasteiger partial charge in [0.2, 0.25) is 0 Å². The van der Waals surface area contributed by atoms with Gasteiger partial charge >= 0.3 is 0 Å². The van der Waals surface area contributed by atoms with Crippen LogP contribution in [0.5, 0.6) is 0 Å². The first-order valence-corrected chi connectivity index (χ1v) is 7.73. The summed E-state index contributed by atoms with van der Waals surface area (Å²) in [4.78, 5) is 19.6. The number of hydrogen-bond donors (Lipinski definition) is 3. The third-order valence-electron chi connectivity index (χ3n) is 3.52. The summed E-state index contributed by atoms with van der Waals surface area (Å²) in [5, 5.41) is 9.40. The topological polar surface area (TPSA) is 69.8 Å². The van der Waals surface area contributed by atoms with Crippen LogP contribution in [0.2, 0.25) is 0 Å². The molecule has 20 heavy (non-hydrogen) atoms. The maximum Gasteiger partial charge on any atom is 0.267 e. The van der Waals surface area contributed by atoms with Crippen LogP contribution in [-0.2, 0) is 0 Å². The van der Waals surface area contributed by atoms with Gasteiger partial charge in [-0.15, -0.1) is 11.3 Å². The van der Waals surface area contributed by atoms with Gasteiger partial charge in [0.05, 0.1) is 10.7 Å². The summed E-state index contributed by atoms with van der Waals surface area (Å²) in [6.45, 7) is 3.92. The predicted molar refractivity (Wildman–Crippen MR) is 80.0 cm³/mol. The van der Waals surface area contributed by atoms with Crippen LogP contribution in [0.15, 0.2) is 17.6 Å². The molecule has 0 aromatic carbocycles. The number of hydrogen-bond acceptors (Lipinski definition) is 4. The van der Waals surface area contributed by atoms with Crippen LogP contribution in [0, 0.1) is 6.92 Å². The number of aromatic amines is 1. The summed E-state index contributed by atoms with van der Waals surface area (Å²) in [5.74, 6) is -0.0323. The Morgan fingerprint density at radius 3 is 2.95 bits per heavy atom. The van der Waals surface area contributed by atoms with Crippen molar-refractivity contribution in [3.63, 3.8) is 0 Å². The molecule has 3 rings (SSSR count). The van der Waals surface area contributed by atoms with Crippen LogP contribution < -0.4 is 10.6 Å². The van der Waals surface area contributed by atoms with Crippen molar-refractivity contribution in [3.8, 4) is 11.3 Å². The van der Waals surface area contributed by atoms with E-state index in [2.05, 4.69) is 20.6 Å². The monoisotopic (exact) mass is 290 g/mol. The van der Waals surface area contributed by atoms with E-state index in [1.54, 1.807) is 11.3 Å². The van der Waals surface area contributed by atoms with Crippen LogP contribution >= 0.6 is 11.3 Å². The highest BCUT2D eigenvalue weighted by Crippen LogP contribution is 2.22. The van der Waals surface area contributed by atoms with Crippen molar-refractivity contribution in [1.29, 1.82) is 0 Å². The Morgan fingerprint density at radius 2 is 2.25 bits per heavy atom. The number of aryl methyl sites for hydroxylation is 1. The molecule has 0 aliphatic carbocycles. The van der Waals surface area contributed by atoms with Crippen molar-refractivity contribution in [3.05, 3.63) is 28.3 Å². The Bertz CT molecular complexity index is 598. The van der Waals surface area contributed by atoms with Gasteiger partial charge in [-0.25, -0.2) is 4.98 Å². The van der Waals surface area contributed by atoms with Gasteiger partial charge < -0.3 is 15.6 Å². The molecule has 1 aliphatic heterocycles. The highest BCUT2D eigenvalue weighted by Gasteiger charge is 2.17. The lowest BCUT2D eigenvalue weighted by molar-refractivity contribution is 0.0925. The summed E-state index contributed by atoms with van der Waals surface area (Å²) in [6.07, 6.45) is 3.82. The van der Waals surface area contributed by atoms with Gasteiger partial charge in [0.1, 0.15) is 5.69 Å². The number of aromatic nitrogens is 2. The van der Waals surface area contributed by atoms with Crippen LogP contribution in [0.1, 0.15) is 28.3 Å². The molecule has 3 N–H and O–H groups in total. The van der Waals surface area contributed by atoms with Gasteiger partial charge in [-0.2, -0.15) is 0 Å². The molecule has 0 bridgehead atoms. The van der Waals surface area contributed by atoms with Crippen molar-refractivity contribution in [2.45, 2.75) is 25.8 Å². The maximum absolute atomic E-state index is 12.2. The minimum absolute atomic E-state index is 0.0323. The molecule has 1 aliphatic rings. The number of amides is 1. The average molecular weight is 290 g/mol. The highest BCUT2D eigenvalue weighted by atomic mass is 32.1. The Morgan fingerprint density at radius 1 is 1.45 bits per heavy atom. The van der Waals surface area contributed by atoms with Gasteiger partial charge in [0.25, 0.3) is 5.91 Å². The van der Waals surface area contributed by atoms with Crippen LogP contribution in [-0.4, -0.2) is 35.0 Å². The second-order valence-corrected chi connectivity index (χ2v) is 6.11. The summed E-state index contributed by atoms with van der Waals surface area (Å²) < 4.78 is 0. The van der Waals surface area contributed by atoms with E-state index in [0.717, 1.165) is 42.2 Å². The quantitative estimate of drug-likeness (QED) is 0.809. The Balaban J connectivity index is 1.68. The predicted octanol–water partition coefficient (Wildman–Crippen LogP) is 1.93. The number of carbonyl (C=O) groups excluding carboxylic acids is 1. The van der Waals surface area contributed by atoms with E-state index in [-0.39, 0.29) is 11.9 Å². The molecule has 3 heterocycles. The molecule has 6 heteroatoms. The van der Waals surface area contributed by atoms with E-state index < -0.39 is 0 Å². The molecular weight excluding hydrogens is 272 g/mol. The number of nitrogens with one attached hydrogen (secondary N) is 3. The van der Waals surface area contributed by atoms with E-state index in [1.807, 2.05) is 24.6 Å². The fraction of sp³-hybridized carbons (Fsp3) is 0.429. The minimum atomic E-state index is -0.0323. The molecule has 106 valence electrons. The Kier molecular flexibility index (Phi) is 3.84. The zero-order valence-corrected chi connectivity index (χ0v) is 12.2. The minimum Gasteiger partial charge on any atom is -0.357 e. The van der Waals surface area contributed by atoms with Gasteiger partial charge in [0, 0.05) is 23.2 Å². The van der Waals surface area contributed by atoms with Gasteiger partial charge in [-0.05, 0) is 38.9 Å². The molecule has 1 fully saturated rings. The fourth-order valence-electron chi connectivity index (χ4n) is 2.40. The fourth-order valence-corrected chi connectivity index (χ4v) is 3.02. The molecular formula is C14H18N4OS. The number of H-pyrrole nitrogens is 1. The van der Waals surface area contributed by atoms with Crippen molar-refractivity contribution >= 4 is 17.2 Å². The van der Waals surface area contributed by atoms with Gasteiger partial charge in [-0.3, -0.25) is 4.79 Å². The smallest absolute Gasteiger partial charge is 0.267 e. The molecule has 2 aromatic rings. The molecule has 0 saturated carbocycles. The highest BCUT2D eigenvalue weighted by molar-refractivity contribution is 7.09. The molecule has 0 spiro atoms. The van der Waals surface area contributed by atoms with Crippen LogP contribution in [0.4, 0.5) is 0 Å². The molecule has 2 aromatic heterocycles. The van der Waals surface area contributed by atoms with Crippen molar-refractivity contribution in [1.82, 2.24) is 20.6 Å². The van der Waals surface area contributed by atoms with Gasteiger partial charge in [-0.1, -0.05) is 0 Å². The number of carbonyl (C=O) groups is 1. The normalized spacial score (nSPS) is 16.2. The molecule has 5 nitrogen and oxygen atoms in total. The van der Waals surface area contributed by atoms with Crippen LogP contribution in [0.3, 0.4) is 0 Å². The Hall–Kier alpha value is -1.66. The number of rotatable bonds is 3. The lowest BCUT2D eigenvalue weighted by Gasteiger charge is -2.23. The third kappa shape index (κ3) is 2.91. The van der Waals surface area contributed by atoms with Crippen molar-refractivity contribution in [2.75, 3.05) is 13.1 Å². The SMILES string of the molecule is Cc1nc(-c2c[nH]c(C(=O)NC3CCNCC3)c2)cs1. The third-order valence-corrected chi connectivity index (χ3v) is 4.29. The van der Waals surface area contributed by atoms with E-state index in [0.29, 0.717) is 5.69 Å². The van der Waals surface area contributed by atoms with E-state index in [4.69, 9.17) is 0 Å². The molecule has 1 amide bonds. The number of piperidine rings is 1. The summed E-state index contributed by atoms with van der Waals surface area (Å²) in [5.41, 5.74) is 2.48. The Labute approximate surface area is 121 Å². The van der Waals surface area contributed by atoms with E-state index in [9.17, 15) is 4.79 Å².